The average molecular weight is 343 g/mol. The first-order chi connectivity index (χ1) is 12.0. The monoisotopic (exact) mass is 343 g/mol. The maximum absolute atomic E-state index is 13.0. The number of nitrogens with zero attached hydrogens (tertiary/aromatic N) is 3. The van der Waals surface area contributed by atoms with E-state index in [9.17, 15) is 9.18 Å². The van der Waals surface area contributed by atoms with Crippen LogP contribution in [0.25, 0.3) is 0 Å². The van der Waals surface area contributed by atoms with E-state index in [2.05, 4.69) is 14.9 Å². The third kappa shape index (κ3) is 4.32. The Morgan fingerprint density at radius 3 is 2.52 bits per heavy atom. The molecule has 6 heteroatoms. The van der Waals surface area contributed by atoms with Gasteiger partial charge in [-0.3, -0.25) is 9.78 Å². The van der Waals surface area contributed by atoms with Crippen LogP contribution >= 0.6 is 0 Å². The van der Waals surface area contributed by atoms with Crippen LogP contribution in [0.3, 0.4) is 0 Å². The van der Waals surface area contributed by atoms with Crippen molar-refractivity contribution < 1.29 is 13.9 Å². The Morgan fingerprint density at radius 2 is 1.88 bits per heavy atom. The van der Waals surface area contributed by atoms with E-state index in [0.717, 1.165) is 31.7 Å². The minimum Gasteiger partial charge on any atom is -0.474 e. The molecule has 1 saturated heterocycles. The molecule has 2 aromatic rings. The van der Waals surface area contributed by atoms with E-state index >= 15 is 0 Å². The third-order valence-electron chi connectivity index (χ3n) is 4.27. The number of rotatable bonds is 5. The van der Waals surface area contributed by atoms with Crippen molar-refractivity contribution in [1.29, 1.82) is 0 Å². The summed E-state index contributed by atoms with van der Waals surface area (Å²) < 4.78 is 18.6. The van der Waals surface area contributed by atoms with Gasteiger partial charge in [0, 0.05) is 24.6 Å². The lowest BCUT2D eigenvalue weighted by molar-refractivity contribution is 0.0900. The molecule has 0 aliphatic carbocycles. The van der Waals surface area contributed by atoms with E-state index in [1.165, 1.54) is 12.1 Å². The Morgan fingerprint density at radius 1 is 1.20 bits per heavy atom. The molecule has 5 nitrogen and oxygen atoms in total. The molecule has 2 heterocycles. The van der Waals surface area contributed by atoms with Gasteiger partial charge in [-0.1, -0.05) is 0 Å². The zero-order chi connectivity index (χ0) is 17.8. The second kappa shape index (κ2) is 7.59. The Balaban J connectivity index is 1.62. The SMILES string of the molecule is CC(C)Oc1cncc(N2CCC(C(=O)c3ccc(F)cc3)CC2)n1. The van der Waals surface area contributed by atoms with Crippen LogP contribution in [0.4, 0.5) is 10.2 Å². The van der Waals surface area contributed by atoms with Crippen LogP contribution in [0, 0.1) is 11.7 Å². The first-order valence-corrected chi connectivity index (χ1v) is 8.56. The summed E-state index contributed by atoms with van der Waals surface area (Å²) in [6.45, 7) is 5.36. The molecular formula is C19H22FN3O2. The average Bonchev–Trinajstić information content (AvgIpc) is 2.62. The molecule has 0 atom stereocenters. The standard InChI is InChI=1S/C19H22FN3O2/c1-13(2)25-18-12-21-11-17(22-18)23-9-7-15(8-10-23)19(24)14-3-5-16(20)6-4-14/h3-6,11-13,15H,7-10H2,1-2H3. The number of carbonyl (C=O) groups is 1. The van der Waals surface area contributed by atoms with E-state index in [4.69, 9.17) is 4.74 Å². The third-order valence-corrected chi connectivity index (χ3v) is 4.27. The highest BCUT2D eigenvalue weighted by atomic mass is 19.1. The molecule has 0 spiro atoms. The molecule has 1 aromatic carbocycles. The van der Waals surface area contributed by atoms with Crippen molar-refractivity contribution in [2.45, 2.75) is 32.8 Å². The topological polar surface area (TPSA) is 55.3 Å². The maximum atomic E-state index is 13.0. The second-order valence-electron chi connectivity index (χ2n) is 6.51. The van der Waals surface area contributed by atoms with Crippen LogP contribution in [0.15, 0.2) is 36.7 Å². The Kier molecular flexibility index (Phi) is 5.26. The van der Waals surface area contributed by atoms with E-state index in [1.54, 1.807) is 24.5 Å². The lowest BCUT2D eigenvalue weighted by Gasteiger charge is -2.32. The predicted octanol–water partition coefficient (Wildman–Crippen LogP) is 3.50. The molecule has 3 rings (SSSR count). The normalized spacial score (nSPS) is 15.4. The molecule has 1 aliphatic rings. The van der Waals surface area contributed by atoms with Gasteiger partial charge in [-0.15, -0.1) is 0 Å². The quantitative estimate of drug-likeness (QED) is 0.778. The number of halogens is 1. The molecule has 132 valence electrons. The summed E-state index contributed by atoms with van der Waals surface area (Å²) in [4.78, 5) is 23.3. The van der Waals surface area contributed by atoms with Crippen molar-refractivity contribution in [2.24, 2.45) is 5.92 Å². The lowest BCUT2D eigenvalue weighted by atomic mass is 9.89. The van der Waals surface area contributed by atoms with Crippen LogP contribution < -0.4 is 9.64 Å². The molecule has 0 radical (unpaired) electrons. The van der Waals surface area contributed by atoms with Gasteiger partial charge in [0.2, 0.25) is 5.88 Å². The van der Waals surface area contributed by atoms with Gasteiger partial charge >= 0.3 is 0 Å². The number of hydrogen-bond acceptors (Lipinski definition) is 5. The fraction of sp³-hybridized carbons (Fsp3) is 0.421. The van der Waals surface area contributed by atoms with E-state index < -0.39 is 0 Å². The lowest BCUT2D eigenvalue weighted by Crippen LogP contribution is -2.37. The van der Waals surface area contributed by atoms with Gasteiger partial charge in [0.1, 0.15) is 5.82 Å². The van der Waals surface area contributed by atoms with E-state index in [0.29, 0.717) is 11.4 Å². The van der Waals surface area contributed by atoms with Crippen LogP contribution in [-0.4, -0.2) is 34.9 Å². The van der Waals surface area contributed by atoms with E-state index in [-0.39, 0.29) is 23.6 Å². The predicted molar refractivity (Wildman–Crippen MR) is 93.5 cm³/mol. The van der Waals surface area contributed by atoms with Gasteiger partial charge in [0.05, 0.1) is 18.5 Å². The number of ether oxygens (including phenoxy) is 1. The summed E-state index contributed by atoms with van der Waals surface area (Å²) in [6, 6.07) is 5.78. The highest BCUT2D eigenvalue weighted by molar-refractivity contribution is 5.97. The summed E-state index contributed by atoms with van der Waals surface area (Å²) in [5.74, 6) is 1.00. The fourth-order valence-electron chi connectivity index (χ4n) is 3.01. The Bertz CT molecular complexity index is 726. The number of aromatic nitrogens is 2. The summed E-state index contributed by atoms with van der Waals surface area (Å²) in [5.41, 5.74) is 0.576. The smallest absolute Gasteiger partial charge is 0.234 e. The second-order valence-corrected chi connectivity index (χ2v) is 6.51. The molecule has 1 aliphatic heterocycles. The number of hydrogen-bond donors (Lipinski definition) is 0. The molecule has 25 heavy (non-hydrogen) atoms. The summed E-state index contributed by atoms with van der Waals surface area (Å²) in [7, 11) is 0. The molecule has 1 aromatic heterocycles. The number of anilines is 1. The number of piperidine rings is 1. The molecule has 1 fully saturated rings. The van der Waals surface area contributed by atoms with Crippen LogP contribution in [0.5, 0.6) is 5.88 Å². The van der Waals surface area contributed by atoms with Crippen molar-refractivity contribution in [3.63, 3.8) is 0 Å². The first-order valence-electron chi connectivity index (χ1n) is 8.56. The molecular weight excluding hydrogens is 321 g/mol. The van der Waals surface area contributed by atoms with Gasteiger partial charge in [-0.05, 0) is 51.0 Å². The van der Waals surface area contributed by atoms with Gasteiger partial charge in [0.15, 0.2) is 11.6 Å². The molecule has 0 unspecified atom stereocenters. The number of Topliss-reactive ketones (excluding diaryl/α,β-unsaturated/α-hetero) is 1. The highest BCUT2D eigenvalue weighted by Gasteiger charge is 2.26. The molecule has 0 amide bonds. The highest BCUT2D eigenvalue weighted by Crippen LogP contribution is 2.25. The van der Waals surface area contributed by atoms with Crippen molar-refractivity contribution in [3.05, 3.63) is 48.0 Å². The fourth-order valence-corrected chi connectivity index (χ4v) is 3.01. The molecule has 0 saturated carbocycles. The van der Waals surface area contributed by atoms with E-state index in [1.807, 2.05) is 13.8 Å². The van der Waals surface area contributed by atoms with Crippen LogP contribution in [0.2, 0.25) is 0 Å². The van der Waals surface area contributed by atoms with Crippen molar-refractivity contribution in [2.75, 3.05) is 18.0 Å². The summed E-state index contributed by atoms with van der Waals surface area (Å²) in [5, 5.41) is 0. The van der Waals surface area contributed by atoms with Crippen molar-refractivity contribution in [3.8, 4) is 5.88 Å². The van der Waals surface area contributed by atoms with Gasteiger partial charge in [-0.25, -0.2) is 4.39 Å². The van der Waals surface area contributed by atoms with Crippen LogP contribution in [0.1, 0.15) is 37.0 Å². The van der Waals surface area contributed by atoms with Crippen LogP contribution in [-0.2, 0) is 0 Å². The minimum absolute atomic E-state index is 0.0373. The minimum atomic E-state index is -0.326. The number of carbonyl (C=O) groups excluding carboxylic acids is 1. The van der Waals surface area contributed by atoms with Gasteiger partial charge < -0.3 is 9.64 Å². The number of ketones is 1. The van der Waals surface area contributed by atoms with Gasteiger partial charge in [-0.2, -0.15) is 4.98 Å². The van der Waals surface area contributed by atoms with Gasteiger partial charge in [0.25, 0.3) is 0 Å². The van der Waals surface area contributed by atoms with Crippen molar-refractivity contribution in [1.82, 2.24) is 9.97 Å². The largest absolute Gasteiger partial charge is 0.474 e. The Labute approximate surface area is 146 Å². The first kappa shape index (κ1) is 17.3. The number of benzene rings is 1. The zero-order valence-corrected chi connectivity index (χ0v) is 14.5. The summed E-state index contributed by atoms with van der Waals surface area (Å²) in [6.07, 6.45) is 4.85. The Hall–Kier alpha value is -2.50. The van der Waals surface area contributed by atoms with Crippen molar-refractivity contribution >= 4 is 11.6 Å². The molecule has 0 bridgehead atoms. The zero-order valence-electron chi connectivity index (χ0n) is 14.5. The maximum Gasteiger partial charge on any atom is 0.234 e. The molecule has 0 N–H and O–H groups in total. The summed E-state index contributed by atoms with van der Waals surface area (Å²) >= 11 is 0.